The molecular formula is C14H31NO. The molecule has 2 nitrogen and oxygen atoms in total. The summed E-state index contributed by atoms with van der Waals surface area (Å²) in [7, 11) is 1.99. The van der Waals surface area contributed by atoms with Crippen LogP contribution >= 0.6 is 0 Å². The topological polar surface area (TPSA) is 21.3 Å². The molecule has 1 unspecified atom stereocenters. The van der Waals surface area contributed by atoms with Gasteiger partial charge in [-0.25, -0.2) is 0 Å². The third kappa shape index (κ3) is 8.12. The van der Waals surface area contributed by atoms with Gasteiger partial charge in [0.1, 0.15) is 0 Å². The van der Waals surface area contributed by atoms with Gasteiger partial charge in [-0.05, 0) is 26.8 Å². The van der Waals surface area contributed by atoms with Gasteiger partial charge in [0.15, 0.2) is 0 Å². The predicted molar refractivity (Wildman–Crippen MR) is 72.0 cm³/mol. The van der Waals surface area contributed by atoms with Gasteiger partial charge in [-0.15, -0.1) is 0 Å². The standard InChI is InChI=1S/C14H31NO/c1-5-7-8-9-10-11-12-16-14(3,6-2)13-15-4/h15H,5-13H2,1-4H3. The first-order valence-corrected chi connectivity index (χ1v) is 6.97. The number of hydrogen-bond acceptors (Lipinski definition) is 2. The lowest BCUT2D eigenvalue weighted by Gasteiger charge is -2.28. The van der Waals surface area contributed by atoms with E-state index < -0.39 is 0 Å². The molecule has 0 bridgehead atoms. The van der Waals surface area contributed by atoms with Gasteiger partial charge < -0.3 is 10.1 Å². The Morgan fingerprint density at radius 3 is 2.19 bits per heavy atom. The van der Waals surface area contributed by atoms with Crippen molar-refractivity contribution in [3.05, 3.63) is 0 Å². The predicted octanol–water partition coefficient (Wildman–Crippen LogP) is 3.75. The molecular weight excluding hydrogens is 198 g/mol. The molecule has 0 amide bonds. The van der Waals surface area contributed by atoms with Crippen molar-refractivity contribution in [2.45, 2.75) is 71.3 Å². The van der Waals surface area contributed by atoms with Crippen LogP contribution in [0.1, 0.15) is 65.7 Å². The van der Waals surface area contributed by atoms with Gasteiger partial charge in [-0.1, -0.05) is 46.0 Å². The second-order valence-corrected chi connectivity index (χ2v) is 4.95. The van der Waals surface area contributed by atoms with Crippen LogP contribution in [0.3, 0.4) is 0 Å². The summed E-state index contributed by atoms with van der Waals surface area (Å²) in [5.74, 6) is 0. The number of hydrogen-bond donors (Lipinski definition) is 1. The molecule has 0 aliphatic carbocycles. The maximum absolute atomic E-state index is 5.96. The van der Waals surface area contributed by atoms with Crippen molar-refractivity contribution in [3.8, 4) is 0 Å². The molecule has 0 aromatic heterocycles. The van der Waals surface area contributed by atoms with Crippen molar-refractivity contribution < 1.29 is 4.74 Å². The molecule has 0 fully saturated rings. The third-order valence-corrected chi connectivity index (χ3v) is 3.25. The summed E-state index contributed by atoms with van der Waals surface area (Å²) in [5, 5.41) is 3.20. The van der Waals surface area contributed by atoms with E-state index in [9.17, 15) is 0 Å². The molecule has 0 saturated heterocycles. The van der Waals surface area contributed by atoms with Crippen LogP contribution in [0, 0.1) is 0 Å². The fourth-order valence-corrected chi connectivity index (χ4v) is 1.85. The lowest BCUT2D eigenvalue weighted by Crippen LogP contribution is -2.38. The normalized spacial score (nSPS) is 15.0. The maximum atomic E-state index is 5.96. The molecule has 1 N–H and O–H groups in total. The Morgan fingerprint density at radius 2 is 1.62 bits per heavy atom. The first-order chi connectivity index (χ1) is 7.68. The Hall–Kier alpha value is -0.0800. The molecule has 0 aromatic carbocycles. The summed E-state index contributed by atoms with van der Waals surface area (Å²) in [6.07, 6.45) is 9.07. The average molecular weight is 229 g/mol. The van der Waals surface area contributed by atoms with Gasteiger partial charge >= 0.3 is 0 Å². The molecule has 0 saturated carbocycles. The minimum absolute atomic E-state index is 0.0260. The van der Waals surface area contributed by atoms with Crippen molar-refractivity contribution in [3.63, 3.8) is 0 Å². The van der Waals surface area contributed by atoms with E-state index in [-0.39, 0.29) is 5.60 Å². The largest absolute Gasteiger partial charge is 0.374 e. The molecule has 0 aliphatic heterocycles. The van der Waals surface area contributed by atoms with Crippen LogP contribution in [0.25, 0.3) is 0 Å². The van der Waals surface area contributed by atoms with Gasteiger partial charge in [0.25, 0.3) is 0 Å². The van der Waals surface area contributed by atoms with E-state index in [0.717, 1.165) is 19.6 Å². The van der Waals surface area contributed by atoms with Crippen LogP contribution in [0.15, 0.2) is 0 Å². The average Bonchev–Trinajstić information content (AvgIpc) is 2.28. The number of nitrogens with one attached hydrogen (secondary N) is 1. The first kappa shape index (κ1) is 15.9. The van der Waals surface area contributed by atoms with Crippen LogP contribution < -0.4 is 5.32 Å². The Balaban J connectivity index is 3.41. The second-order valence-electron chi connectivity index (χ2n) is 4.95. The highest BCUT2D eigenvalue weighted by atomic mass is 16.5. The number of rotatable bonds is 11. The molecule has 0 rings (SSSR count). The van der Waals surface area contributed by atoms with Crippen LogP contribution in [-0.2, 0) is 4.74 Å². The third-order valence-electron chi connectivity index (χ3n) is 3.25. The minimum Gasteiger partial charge on any atom is -0.374 e. The first-order valence-electron chi connectivity index (χ1n) is 6.97. The smallest absolute Gasteiger partial charge is 0.0775 e. The molecule has 0 radical (unpaired) electrons. The Labute approximate surface area is 102 Å². The summed E-state index contributed by atoms with van der Waals surface area (Å²) in [5.41, 5.74) is 0.0260. The van der Waals surface area contributed by atoms with Crippen molar-refractivity contribution >= 4 is 0 Å². The van der Waals surface area contributed by atoms with Crippen LogP contribution in [-0.4, -0.2) is 25.8 Å². The zero-order chi connectivity index (χ0) is 12.3. The van der Waals surface area contributed by atoms with E-state index in [0.29, 0.717) is 0 Å². The molecule has 98 valence electrons. The zero-order valence-electron chi connectivity index (χ0n) is 11.8. The monoisotopic (exact) mass is 229 g/mol. The Morgan fingerprint density at radius 1 is 1.00 bits per heavy atom. The van der Waals surface area contributed by atoms with Crippen molar-refractivity contribution in [2.24, 2.45) is 0 Å². The summed E-state index contributed by atoms with van der Waals surface area (Å²) in [6, 6.07) is 0. The van der Waals surface area contributed by atoms with Gasteiger partial charge in [-0.3, -0.25) is 0 Å². The second kappa shape index (κ2) is 10.1. The molecule has 0 spiro atoms. The summed E-state index contributed by atoms with van der Waals surface area (Å²) in [6.45, 7) is 8.50. The maximum Gasteiger partial charge on any atom is 0.0775 e. The quantitative estimate of drug-likeness (QED) is 0.545. The van der Waals surface area contributed by atoms with Crippen LogP contribution in [0.5, 0.6) is 0 Å². The van der Waals surface area contributed by atoms with E-state index in [1.807, 2.05) is 7.05 Å². The van der Waals surface area contributed by atoms with E-state index in [1.165, 1.54) is 38.5 Å². The SMILES string of the molecule is CCCCCCCCOC(C)(CC)CNC. The number of ether oxygens (including phenoxy) is 1. The fraction of sp³-hybridized carbons (Fsp3) is 1.00. The molecule has 2 heteroatoms. The summed E-state index contributed by atoms with van der Waals surface area (Å²) >= 11 is 0. The van der Waals surface area contributed by atoms with E-state index in [4.69, 9.17) is 4.74 Å². The Bertz CT molecular complexity index is 150. The van der Waals surface area contributed by atoms with Gasteiger partial charge in [-0.2, -0.15) is 0 Å². The molecule has 0 aliphatic rings. The Kier molecular flexibility index (Phi) is 10.0. The lowest BCUT2D eigenvalue weighted by atomic mass is 10.0. The highest BCUT2D eigenvalue weighted by Crippen LogP contribution is 2.15. The van der Waals surface area contributed by atoms with Crippen molar-refractivity contribution in [1.82, 2.24) is 5.32 Å². The highest BCUT2D eigenvalue weighted by Gasteiger charge is 2.20. The minimum atomic E-state index is 0.0260. The van der Waals surface area contributed by atoms with Crippen molar-refractivity contribution in [2.75, 3.05) is 20.2 Å². The molecule has 0 aromatic rings. The van der Waals surface area contributed by atoms with Gasteiger partial charge in [0.2, 0.25) is 0 Å². The summed E-state index contributed by atoms with van der Waals surface area (Å²) in [4.78, 5) is 0. The lowest BCUT2D eigenvalue weighted by molar-refractivity contribution is -0.0335. The van der Waals surface area contributed by atoms with E-state index >= 15 is 0 Å². The number of likely N-dealkylation sites (N-methyl/N-ethyl adjacent to an activating group) is 1. The highest BCUT2D eigenvalue weighted by molar-refractivity contribution is 4.75. The van der Waals surface area contributed by atoms with Crippen LogP contribution in [0.2, 0.25) is 0 Å². The fourth-order valence-electron chi connectivity index (χ4n) is 1.85. The summed E-state index contributed by atoms with van der Waals surface area (Å²) < 4.78 is 5.96. The van der Waals surface area contributed by atoms with Crippen LogP contribution in [0.4, 0.5) is 0 Å². The van der Waals surface area contributed by atoms with Crippen molar-refractivity contribution in [1.29, 1.82) is 0 Å². The zero-order valence-corrected chi connectivity index (χ0v) is 11.8. The van der Waals surface area contributed by atoms with Gasteiger partial charge in [0.05, 0.1) is 5.60 Å². The molecule has 16 heavy (non-hydrogen) atoms. The van der Waals surface area contributed by atoms with E-state index in [2.05, 4.69) is 26.1 Å². The van der Waals surface area contributed by atoms with Gasteiger partial charge in [0, 0.05) is 13.2 Å². The number of unbranched alkanes of at least 4 members (excludes halogenated alkanes) is 5. The van der Waals surface area contributed by atoms with E-state index in [1.54, 1.807) is 0 Å². The molecule has 1 atom stereocenters. The molecule has 0 heterocycles.